The van der Waals surface area contributed by atoms with Crippen molar-refractivity contribution >= 4 is 0 Å². The molecule has 0 aromatic heterocycles. The summed E-state index contributed by atoms with van der Waals surface area (Å²) in [6.07, 6.45) is 1.80. The highest BCUT2D eigenvalue weighted by molar-refractivity contribution is 5.67. The average molecular weight is 311 g/mol. The molecule has 0 amide bonds. The van der Waals surface area contributed by atoms with Gasteiger partial charge in [0.15, 0.2) is 0 Å². The van der Waals surface area contributed by atoms with Crippen LogP contribution in [0.2, 0.25) is 0 Å². The lowest BCUT2D eigenvalue weighted by Gasteiger charge is -2.43. The van der Waals surface area contributed by atoms with Crippen molar-refractivity contribution in [1.29, 1.82) is 0 Å². The van der Waals surface area contributed by atoms with Gasteiger partial charge in [-0.1, -0.05) is 18.2 Å². The van der Waals surface area contributed by atoms with Gasteiger partial charge in [0.25, 0.3) is 0 Å². The molecule has 0 radical (unpaired) electrons. The number of hydrogen-bond acceptors (Lipinski definition) is 4. The second kappa shape index (κ2) is 5.55. The molecule has 0 saturated carbocycles. The highest BCUT2D eigenvalue weighted by Crippen LogP contribution is 2.39. The van der Waals surface area contributed by atoms with Gasteiger partial charge in [-0.05, 0) is 42.4 Å². The standard InChI is InChI=1S/C19H21NO3/c1-20-9-7-19(8-10-20)22-13-16-11-15(5-6-18(16)23-19)14-3-2-4-17(21)12-14/h2-6,11-12,21H,7-10,13H2,1H3. The van der Waals surface area contributed by atoms with Crippen LogP contribution in [0, 0.1) is 0 Å². The summed E-state index contributed by atoms with van der Waals surface area (Å²) in [6, 6.07) is 13.4. The number of ether oxygens (including phenoxy) is 2. The van der Waals surface area contributed by atoms with Gasteiger partial charge in [0.1, 0.15) is 11.5 Å². The Morgan fingerprint density at radius 2 is 1.83 bits per heavy atom. The van der Waals surface area contributed by atoms with Gasteiger partial charge in [-0.25, -0.2) is 0 Å². The molecule has 0 unspecified atom stereocenters. The van der Waals surface area contributed by atoms with Gasteiger partial charge in [0.2, 0.25) is 5.79 Å². The van der Waals surface area contributed by atoms with Crippen LogP contribution in [0.15, 0.2) is 42.5 Å². The zero-order valence-electron chi connectivity index (χ0n) is 13.3. The Balaban J connectivity index is 1.60. The molecule has 1 saturated heterocycles. The fourth-order valence-corrected chi connectivity index (χ4v) is 3.30. The van der Waals surface area contributed by atoms with Crippen molar-refractivity contribution in [3.63, 3.8) is 0 Å². The van der Waals surface area contributed by atoms with Gasteiger partial charge in [-0.15, -0.1) is 0 Å². The van der Waals surface area contributed by atoms with Crippen LogP contribution in [0.25, 0.3) is 11.1 Å². The van der Waals surface area contributed by atoms with E-state index >= 15 is 0 Å². The zero-order valence-corrected chi connectivity index (χ0v) is 13.3. The molecule has 4 nitrogen and oxygen atoms in total. The Morgan fingerprint density at radius 3 is 2.61 bits per heavy atom. The summed E-state index contributed by atoms with van der Waals surface area (Å²) < 4.78 is 12.3. The van der Waals surface area contributed by atoms with Crippen LogP contribution in [-0.4, -0.2) is 35.9 Å². The minimum Gasteiger partial charge on any atom is -0.508 e. The highest BCUT2D eigenvalue weighted by atomic mass is 16.7. The first-order valence-electron chi connectivity index (χ1n) is 8.07. The lowest BCUT2D eigenvalue weighted by Crippen LogP contribution is -2.50. The second-order valence-electron chi connectivity index (χ2n) is 6.48. The molecule has 2 aromatic rings. The van der Waals surface area contributed by atoms with Crippen molar-refractivity contribution in [1.82, 2.24) is 4.90 Å². The number of phenols is 1. The van der Waals surface area contributed by atoms with E-state index < -0.39 is 5.79 Å². The first-order chi connectivity index (χ1) is 11.1. The number of benzene rings is 2. The summed E-state index contributed by atoms with van der Waals surface area (Å²) in [4.78, 5) is 2.30. The van der Waals surface area contributed by atoms with Crippen LogP contribution in [0.5, 0.6) is 11.5 Å². The molecule has 0 bridgehead atoms. The van der Waals surface area contributed by atoms with E-state index in [1.807, 2.05) is 24.3 Å². The van der Waals surface area contributed by atoms with Crippen molar-refractivity contribution in [2.45, 2.75) is 25.2 Å². The highest BCUT2D eigenvalue weighted by Gasteiger charge is 2.40. The van der Waals surface area contributed by atoms with E-state index in [0.29, 0.717) is 6.61 Å². The fraction of sp³-hybridized carbons (Fsp3) is 0.368. The molecule has 23 heavy (non-hydrogen) atoms. The Bertz CT molecular complexity index is 720. The molecule has 2 aromatic carbocycles. The molecule has 1 fully saturated rings. The van der Waals surface area contributed by atoms with E-state index in [1.54, 1.807) is 12.1 Å². The lowest BCUT2D eigenvalue weighted by atomic mass is 9.99. The summed E-state index contributed by atoms with van der Waals surface area (Å²) in [6.45, 7) is 2.57. The Kier molecular flexibility index (Phi) is 3.51. The van der Waals surface area contributed by atoms with Crippen molar-refractivity contribution in [2.24, 2.45) is 0 Å². The summed E-state index contributed by atoms with van der Waals surface area (Å²) >= 11 is 0. The molecule has 2 aliphatic rings. The molecule has 4 rings (SSSR count). The third-order valence-corrected chi connectivity index (χ3v) is 4.78. The number of phenolic OH excluding ortho intramolecular Hbond substituents is 1. The van der Waals surface area contributed by atoms with Crippen LogP contribution in [0.4, 0.5) is 0 Å². The first-order valence-corrected chi connectivity index (χ1v) is 8.07. The quantitative estimate of drug-likeness (QED) is 0.876. The molecule has 2 aliphatic heterocycles. The number of fused-ring (bicyclic) bond motifs is 1. The number of hydrogen-bond donors (Lipinski definition) is 1. The molecular formula is C19H21NO3. The maximum Gasteiger partial charge on any atom is 0.213 e. The maximum atomic E-state index is 9.65. The number of aromatic hydroxyl groups is 1. The SMILES string of the molecule is CN1CCC2(CC1)OCc1cc(-c3cccc(O)c3)ccc1O2. The summed E-state index contributed by atoms with van der Waals surface area (Å²) in [5.74, 6) is 0.745. The van der Waals surface area contributed by atoms with Gasteiger partial charge in [-0.2, -0.15) is 0 Å². The van der Waals surface area contributed by atoms with Crippen molar-refractivity contribution in [3.8, 4) is 22.6 Å². The third kappa shape index (κ3) is 2.80. The van der Waals surface area contributed by atoms with Gasteiger partial charge in [0.05, 0.1) is 6.61 Å². The Morgan fingerprint density at radius 1 is 1.04 bits per heavy atom. The predicted octanol–water partition coefficient (Wildman–Crippen LogP) is 3.39. The monoisotopic (exact) mass is 311 g/mol. The zero-order chi connectivity index (χ0) is 15.9. The van der Waals surface area contributed by atoms with Gasteiger partial charge < -0.3 is 19.5 Å². The third-order valence-electron chi connectivity index (χ3n) is 4.78. The van der Waals surface area contributed by atoms with E-state index in [1.165, 1.54) is 0 Å². The smallest absolute Gasteiger partial charge is 0.213 e. The first kappa shape index (κ1) is 14.5. The van der Waals surface area contributed by atoms with Crippen LogP contribution in [0.1, 0.15) is 18.4 Å². The number of piperidine rings is 1. The molecule has 4 heteroatoms. The van der Waals surface area contributed by atoms with Crippen molar-refractivity contribution < 1.29 is 14.6 Å². The normalized spacial score (nSPS) is 20.0. The lowest BCUT2D eigenvalue weighted by molar-refractivity contribution is -0.226. The molecule has 2 heterocycles. The van der Waals surface area contributed by atoms with Crippen molar-refractivity contribution in [2.75, 3.05) is 20.1 Å². The molecule has 1 N–H and O–H groups in total. The largest absolute Gasteiger partial charge is 0.508 e. The van der Waals surface area contributed by atoms with Crippen LogP contribution < -0.4 is 4.74 Å². The van der Waals surface area contributed by atoms with E-state index in [-0.39, 0.29) is 5.75 Å². The van der Waals surface area contributed by atoms with E-state index in [4.69, 9.17) is 9.47 Å². The summed E-state index contributed by atoms with van der Waals surface area (Å²) in [5, 5.41) is 9.65. The average Bonchev–Trinajstić information content (AvgIpc) is 2.57. The number of likely N-dealkylation sites (tertiary alicyclic amines) is 1. The topological polar surface area (TPSA) is 41.9 Å². The molecule has 0 aliphatic carbocycles. The van der Waals surface area contributed by atoms with E-state index in [9.17, 15) is 5.11 Å². The maximum absolute atomic E-state index is 9.65. The van der Waals surface area contributed by atoms with Gasteiger partial charge >= 0.3 is 0 Å². The number of rotatable bonds is 1. The fourth-order valence-electron chi connectivity index (χ4n) is 3.30. The minimum absolute atomic E-state index is 0.276. The molecule has 120 valence electrons. The van der Waals surface area contributed by atoms with Gasteiger partial charge in [0, 0.05) is 31.5 Å². The second-order valence-corrected chi connectivity index (χ2v) is 6.48. The van der Waals surface area contributed by atoms with Gasteiger partial charge in [-0.3, -0.25) is 0 Å². The minimum atomic E-state index is -0.452. The molecule has 1 spiro atoms. The number of nitrogens with zero attached hydrogens (tertiary/aromatic N) is 1. The van der Waals surface area contributed by atoms with Crippen LogP contribution in [-0.2, 0) is 11.3 Å². The molecular weight excluding hydrogens is 290 g/mol. The van der Waals surface area contributed by atoms with Crippen LogP contribution >= 0.6 is 0 Å². The predicted molar refractivity (Wildman–Crippen MR) is 88.4 cm³/mol. The van der Waals surface area contributed by atoms with Crippen molar-refractivity contribution in [3.05, 3.63) is 48.0 Å². The van der Waals surface area contributed by atoms with E-state index in [0.717, 1.165) is 48.4 Å². The van der Waals surface area contributed by atoms with E-state index in [2.05, 4.69) is 18.0 Å². The summed E-state index contributed by atoms with van der Waals surface area (Å²) in [7, 11) is 2.13. The Labute approximate surface area is 136 Å². The summed E-state index contributed by atoms with van der Waals surface area (Å²) in [5.41, 5.74) is 3.12. The Hall–Kier alpha value is -2.04. The molecule has 0 atom stereocenters. The van der Waals surface area contributed by atoms with Crippen LogP contribution in [0.3, 0.4) is 0 Å².